The van der Waals surface area contributed by atoms with Gasteiger partial charge in [0, 0.05) is 44.2 Å². The van der Waals surface area contributed by atoms with Gasteiger partial charge in [-0.1, -0.05) is 31.2 Å². The van der Waals surface area contributed by atoms with E-state index in [1.54, 1.807) is 16.8 Å². The van der Waals surface area contributed by atoms with Crippen LogP contribution in [0.15, 0.2) is 54.7 Å². The molecule has 2 aromatic carbocycles. The standard InChI is InChI=1S/C23H24FN3O/c1-3-23(28)27-13-10-18(15-27)20-9-6-17(16-4-7-19(24)8-5-16)14-21(20)22-11-12-26(2)25-22/h4-9,11-12,14,18H,3,10,13,15H2,1-2H3. The number of rotatable bonds is 4. The number of nitrogens with zero attached hydrogens (tertiary/aromatic N) is 3. The average molecular weight is 377 g/mol. The van der Waals surface area contributed by atoms with Crippen molar-refractivity contribution in [3.05, 3.63) is 66.1 Å². The van der Waals surface area contributed by atoms with Gasteiger partial charge < -0.3 is 4.90 Å². The maximum Gasteiger partial charge on any atom is 0.222 e. The lowest BCUT2D eigenvalue weighted by atomic mass is 9.89. The quantitative estimate of drug-likeness (QED) is 0.665. The van der Waals surface area contributed by atoms with Gasteiger partial charge in [0.05, 0.1) is 5.69 Å². The largest absolute Gasteiger partial charge is 0.342 e. The minimum atomic E-state index is -0.239. The zero-order valence-corrected chi connectivity index (χ0v) is 16.2. The van der Waals surface area contributed by atoms with Crippen LogP contribution in [-0.4, -0.2) is 33.7 Å². The third kappa shape index (κ3) is 3.57. The average Bonchev–Trinajstić information content (AvgIpc) is 3.37. The van der Waals surface area contributed by atoms with E-state index in [2.05, 4.69) is 23.3 Å². The number of amides is 1. The smallest absolute Gasteiger partial charge is 0.222 e. The first-order valence-electron chi connectivity index (χ1n) is 9.73. The van der Waals surface area contributed by atoms with Gasteiger partial charge in [-0.05, 0) is 47.4 Å². The van der Waals surface area contributed by atoms with E-state index in [1.165, 1.54) is 17.7 Å². The number of carbonyl (C=O) groups is 1. The second-order valence-electron chi connectivity index (χ2n) is 7.36. The Morgan fingerprint density at radius 1 is 1.14 bits per heavy atom. The van der Waals surface area contributed by atoms with Gasteiger partial charge in [-0.25, -0.2) is 4.39 Å². The molecule has 4 nitrogen and oxygen atoms in total. The molecule has 1 atom stereocenters. The molecular formula is C23H24FN3O. The predicted octanol–water partition coefficient (Wildman–Crippen LogP) is 4.62. The molecule has 1 unspecified atom stereocenters. The number of halogens is 1. The van der Waals surface area contributed by atoms with Crippen molar-refractivity contribution in [1.82, 2.24) is 14.7 Å². The molecule has 1 aromatic heterocycles. The summed E-state index contributed by atoms with van der Waals surface area (Å²) in [6.45, 7) is 3.47. The van der Waals surface area contributed by atoms with Crippen LogP contribution in [0.4, 0.5) is 4.39 Å². The van der Waals surface area contributed by atoms with Crippen LogP contribution >= 0.6 is 0 Å². The lowest BCUT2D eigenvalue weighted by molar-refractivity contribution is -0.129. The molecule has 1 amide bonds. The molecule has 0 aliphatic carbocycles. The van der Waals surface area contributed by atoms with E-state index < -0.39 is 0 Å². The zero-order chi connectivity index (χ0) is 19.7. The summed E-state index contributed by atoms with van der Waals surface area (Å²) in [7, 11) is 1.91. The monoisotopic (exact) mass is 377 g/mol. The molecule has 1 aliphatic rings. The lowest BCUT2D eigenvalue weighted by Crippen LogP contribution is -2.27. The van der Waals surface area contributed by atoms with Gasteiger partial charge in [-0.3, -0.25) is 9.48 Å². The Hall–Kier alpha value is -2.95. The Labute approximate surface area is 164 Å². The summed E-state index contributed by atoms with van der Waals surface area (Å²) in [6.07, 6.45) is 3.44. The van der Waals surface area contributed by atoms with Crippen LogP contribution < -0.4 is 0 Å². The van der Waals surface area contributed by atoms with E-state index in [9.17, 15) is 9.18 Å². The van der Waals surface area contributed by atoms with Gasteiger partial charge in [0.1, 0.15) is 5.82 Å². The minimum Gasteiger partial charge on any atom is -0.342 e. The molecule has 0 saturated carbocycles. The topological polar surface area (TPSA) is 38.1 Å². The van der Waals surface area contributed by atoms with Crippen molar-refractivity contribution in [2.45, 2.75) is 25.7 Å². The molecule has 4 rings (SSSR count). The van der Waals surface area contributed by atoms with Crippen LogP contribution in [0.1, 0.15) is 31.2 Å². The summed E-state index contributed by atoms with van der Waals surface area (Å²) in [6, 6.07) is 14.9. The summed E-state index contributed by atoms with van der Waals surface area (Å²) in [5.41, 5.74) is 5.22. The molecule has 144 valence electrons. The first-order chi connectivity index (χ1) is 13.5. The minimum absolute atomic E-state index is 0.213. The number of aryl methyl sites for hydroxylation is 1. The lowest BCUT2D eigenvalue weighted by Gasteiger charge is -2.18. The van der Waals surface area contributed by atoms with E-state index in [-0.39, 0.29) is 11.7 Å². The SMILES string of the molecule is CCC(=O)N1CCC(c2ccc(-c3ccc(F)cc3)cc2-c2ccn(C)n2)C1. The van der Waals surface area contributed by atoms with Gasteiger partial charge in [0.2, 0.25) is 5.91 Å². The van der Waals surface area contributed by atoms with E-state index >= 15 is 0 Å². The highest BCUT2D eigenvalue weighted by molar-refractivity contribution is 5.77. The molecule has 28 heavy (non-hydrogen) atoms. The number of hydrogen-bond donors (Lipinski definition) is 0. The highest BCUT2D eigenvalue weighted by Crippen LogP contribution is 2.37. The van der Waals surface area contributed by atoms with Crippen LogP contribution in [0, 0.1) is 5.82 Å². The molecular weight excluding hydrogens is 353 g/mol. The zero-order valence-electron chi connectivity index (χ0n) is 16.2. The maximum absolute atomic E-state index is 13.3. The number of aromatic nitrogens is 2. The molecule has 2 heterocycles. The Bertz CT molecular complexity index is 993. The molecule has 1 saturated heterocycles. The molecule has 0 spiro atoms. The predicted molar refractivity (Wildman–Crippen MR) is 108 cm³/mol. The fraction of sp³-hybridized carbons (Fsp3) is 0.304. The van der Waals surface area contributed by atoms with Crippen molar-refractivity contribution in [2.24, 2.45) is 7.05 Å². The second-order valence-corrected chi connectivity index (χ2v) is 7.36. The summed E-state index contributed by atoms with van der Waals surface area (Å²) in [5, 5.41) is 4.61. The van der Waals surface area contributed by atoms with E-state index in [1.807, 2.05) is 31.1 Å². The van der Waals surface area contributed by atoms with Gasteiger partial charge in [-0.2, -0.15) is 5.10 Å². The van der Waals surface area contributed by atoms with Crippen LogP contribution in [-0.2, 0) is 11.8 Å². The summed E-state index contributed by atoms with van der Waals surface area (Å²) >= 11 is 0. The number of carbonyl (C=O) groups excluding carboxylic acids is 1. The Morgan fingerprint density at radius 2 is 1.89 bits per heavy atom. The van der Waals surface area contributed by atoms with Gasteiger partial charge in [0.25, 0.3) is 0 Å². The van der Waals surface area contributed by atoms with Crippen LogP contribution in [0.3, 0.4) is 0 Å². The van der Waals surface area contributed by atoms with Crippen molar-refractivity contribution < 1.29 is 9.18 Å². The third-order valence-corrected chi connectivity index (χ3v) is 5.50. The maximum atomic E-state index is 13.3. The second kappa shape index (κ2) is 7.58. The van der Waals surface area contributed by atoms with Crippen molar-refractivity contribution in [3.8, 4) is 22.4 Å². The van der Waals surface area contributed by atoms with E-state index in [0.29, 0.717) is 12.3 Å². The molecule has 0 radical (unpaired) electrons. The van der Waals surface area contributed by atoms with Crippen LogP contribution in [0.5, 0.6) is 0 Å². The Morgan fingerprint density at radius 3 is 2.57 bits per heavy atom. The van der Waals surface area contributed by atoms with Crippen LogP contribution in [0.2, 0.25) is 0 Å². The molecule has 1 aliphatic heterocycles. The molecule has 1 fully saturated rings. The van der Waals surface area contributed by atoms with Crippen LogP contribution in [0.25, 0.3) is 22.4 Å². The van der Waals surface area contributed by atoms with Gasteiger partial charge in [0.15, 0.2) is 0 Å². The molecule has 3 aromatic rings. The fourth-order valence-corrected chi connectivity index (χ4v) is 3.98. The highest BCUT2D eigenvalue weighted by atomic mass is 19.1. The molecule has 5 heteroatoms. The number of hydrogen-bond acceptors (Lipinski definition) is 2. The molecule has 0 bridgehead atoms. The summed E-state index contributed by atoms with van der Waals surface area (Å²) in [4.78, 5) is 14.1. The number of benzene rings is 2. The fourth-order valence-electron chi connectivity index (χ4n) is 3.98. The summed E-state index contributed by atoms with van der Waals surface area (Å²) in [5.74, 6) is 0.275. The van der Waals surface area contributed by atoms with Crippen molar-refractivity contribution in [3.63, 3.8) is 0 Å². The highest BCUT2D eigenvalue weighted by Gasteiger charge is 2.28. The first-order valence-corrected chi connectivity index (χ1v) is 9.73. The van der Waals surface area contributed by atoms with Crippen molar-refractivity contribution in [1.29, 1.82) is 0 Å². The van der Waals surface area contributed by atoms with E-state index in [4.69, 9.17) is 0 Å². The van der Waals surface area contributed by atoms with Crippen molar-refractivity contribution >= 4 is 5.91 Å². The van der Waals surface area contributed by atoms with Gasteiger partial charge in [-0.15, -0.1) is 0 Å². The Kier molecular flexibility index (Phi) is 4.99. The molecule has 0 N–H and O–H groups in total. The van der Waals surface area contributed by atoms with Gasteiger partial charge >= 0.3 is 0 Å². The van der Waals surface area contributed by atoms with E-state index in [0.717, 1.165) is 41.9 Å². The summed E-state index contributed by atoms with van der Waals surface area (Å²) < 4.78 is 15.1. The Balaban J connectivity index is 1.74. The first kappa shape index (κ1) is 18.4. The normalized spacial score (nSPS) is 16.5. The number of likely N-dealkylation sites (tertiary alicyclic amines) is 1. The third-order valence-electron chi connectivity index (χ3n) is 5.50. The van der Waals surface area contributed by atoms with Crippen molar-refractivity contribution in [2.75, 3.05) is 13.1 Å².